The van der Waals surface area contributed by atoms with Crippen LogP contribution >= 0.6 is 0 Å². The first-order valence-corrected chi connectivity index (χ1v) is 13.6. The van der Waals surface area contributed by atoms with Crippen LogP contribution in [0.15, 0.2) is 126 Å². The molecule has 4 aromatic rings. The SMILES string of the molecule is COc1ccc(-c2ccc3c(c2)C(=O)C(=CC=CC=CC2=C(O)c4cc(-c5ccc(OC)cc5)ccc4C2=O)C3=O)cc1. The number of benzene rings is 4. The number of allylic oxidation sites excluding steroid dienone is 7. The monoisotopic (exact) mass is 566 g/mol. The van der Waals surface area contributed by atoms with Crippen LogP contribution in [0.3, 0.4) is 0 Å². The Balaban J connectivity index is 1.18. The largest absolute Gasteiger partial charge is 0.507 e. The standard InChI is InChI=1S/C37H26O6/c1-42-26-14-8-22(9-15-26)24-12-18-28-32(20-24)36(40)30(34(28)38)6-4-3-5-7-31-35(39)29-19-13-25(21-33(29)37(31)41)23-10-16-27(43-2)17-11-23/h3-21,40H,1-2H3. The van der Waals surface area contributed by atoms with Crippen LogP contribution in [0.1, 0.15) is 36.6 Å². The molecule has 6 rings (SSSR count). The number of rotatable bonds is 7. The molecule has 4 aromatic carbocycles. The van der Waals surface area contributed by atoms with E-state index in [1.807, 2.05) is 60.7 Å². The summed E-state index contributed by atoms with van der Waals surface area (Å²) in [4.78, 5) is 39.0. The predicted molar refractivity (Wildman–Crippen MR) is 166 cm³/mol. The van der Waals surface area contributed by atoms with Crippen LogP contribution in [0, 0.1) is 0 Å². The Kier molecular flexibility index (Phi) is 7.18. The fourth-order valence-electron chi connectivity index (χ4n) is 5.26. The summed E-state index contributed by atoms with van der Waals surface area (Å²) in [6.45, 7) is 0. The van der Waals surface area contributed by atoms with Crippen molar-refractivity contribution < 1.29 is 29.0 Å². The molecule has 0 atom stereocenters. The van der Waals surface area contributed by atoms with Crippen LogP contribution in [0.5, 0.6) is 11.5 Å². The molecule has 0 amide bonds. The molecule has 1 N–H and O–H groups in total. The summed E-state index contributed by atoms with van der Waals surface area (Å²) >= 11 is 0. The van der Waals surface area contributed by atoms with Crippen LogP contribution in [-0.2, 0) is 0 Å². The first-order chi connectivity index (χ1) is 20.9. The lowest BCUT2D eigenvalue weighted by Crippen LogP contribution is -1.99. The van der Waals surface area contributed by atoms with Crippen molar-refractivity contribution in [1.82, 2.24) is 0 Å². The van der Waals surface area contributed by atoms with Crippen LogP contribution in [0.2, 0.25) is 0 Å². The van der Waals surface area contributed by atoms with Gasteiger partial charge in [0.1, 0.15) is 17.3 Å². The van der Waals surface area contributed by atoms with Gasteiger partial charge in [0.25, 0.3) is 0 Å². The van der Waals surface area contributed by atoms with E-state index in [1.165, 1.54) is 12.2 Å². The molecule has 0 bridgehead atoms. The number of aliphatic hydroxyl groups excluding tert-OH is 1. The van der Waals surface area contributed by atoms with Gasteiger partial charge >= 0.3 is 0 Å². The molecular weight excluding hydrogens is 540 g/mol. The molecule has 0 heterocycles. The molecule has 6 heteroatoms. The van der Waals surface area contributed by atoms with Gasteiger partial charge in [-0.2, -0.15) is 0 Å². The van der Waals surface area contributed by atoms with Crippen LogP contribution in [0.4, 0.5) is 0 Å². The van der Waals surface area contributed by atoms with Crippen LogP contribution < -0.4 is 9.47 Å². The zero-order valence-corrected chi connectivity index (χ0v) is 23.5. The summed E-state index contributed by atoms with van der Waals surface area (Å²) in [6.07, 6.45) is 7.77. The zero-order valence-electron chi connectivity index (χ0n) is 23.5. The Morgan fingerprint density at radius 3 is 1.58 bits per heavy atom. The van der Waals surface area contributed by atoms with Crippen molar-refractivity contribution in [2.24, 2.45) is 0 Å². The van der Waals surface area contributed by atoms with Gasteiger partial charge in [-0.25, -0.2) is 0 Å². The minimum Gasteiger partial charge on any atom is -0.507 e. The van der Waals surface area contributed by atoms with E-state index in [9.17, 15) is 19.5 Å². The Morgan fingerprint density at radius 2 is 1.02 bits per heavy atom. The number of carbonyl (C=O) groups excluding carboxylic acids is 3. The zero-order chi connectivity index (χ0) is 30.1. The Hall–Kier alpha value is -5.75. The van der Waals surface area contributed by atoms with Crippen molar-refractivity contribution in [3.63, 3.8) is 0 Å². The van der Waals surface area contributed by atoms with Crippen molar-refractivity contribution in [3.8, 4) is 33.8 Å². The van der Waals surface area contributed by atoms with Crippen molar-refractivity contribution >= 4 is 23.1 Å². The van der Waals surface area contributed by atoms with Gasteiger partial charge in [-0.15, -0.1) is 0 Å². The highest BCUT2D eigenvalue weighted by atomic mass is 16.5. The van der Waals surface area contributed by atoms with Crippen LogP contribution in [-0.4, -0.2) is 36.7 Å². The second-order valence-electron chi connectivity index (χ2n) is 10.1. The molecule has 0 fully saturated rings. The van der Waals surface area contributed by atoms with Crippen molar-refractivity contribution in [2.45, 2.75) is 0 Å². The number of fused-ring (bicyclic) bond motifs is 2. The summed E-state index contributed by atoms with van der Waals surface area (Å²) < 4.78 is 10.4. The quantitative estimate of drug-likeness (QED) is 0.141. The first kappa shape index (κ1) is 27.4. The van der Waals surface area contributed by atoms with E-state index < -0.39 is 0 Å². The smallest absolute Gasteiger partial charge is 0.197 e. The van der Waals surface area contributed by atoms with Gasteiger partial charge in [-0.3, -0.25) is 14.4 Å². The van der Waals surface area contributed by atoms with Gasteiger partial charge in [0.2, 0.25) is 0 Å². The molecular formula is C37H26O6. The summed E-state index contributed by atoms with van der Waals surface area (Å²) in [5.41, 5.74) is 5.41. The highest BCUT2D eigenvalue weighted by Gasteiger charge is 2.33. The minimum atomic E-state index is -0.335. The molecule has 0 unspecified atom stereocenters. The maximum absolute atomic E-state index is 13.1. The lowest BCUT2D eigenvalue weighted by atomic mass is 9.99. The maximum atomic E-state index is 13.1. The molecule has 2 aliphatic rings. The molecule has 0 saturated carbocycles. The van der Waals surface area contributed by atoms with Crippen molar-refractivity contribution in [3.05, 3.63) is 149 Å². The maximum Gasteiger partial charge on any atom is 0.197 e. The molecule has 0 spiro atoms. The fourth-order valence-corrected chi connectivity index (χ4v) is 5.26. The van der Waals surface area contributed by atoms with E-state index >= 15 is 0 Å². The highest BCUT2D eigenvalue weighted by molar-refractivity contribution is 6.39. The van der Waals surface area contributed by atoms with Gasteiger partial charge in [0.05, 0.1) is 25.4 Å². The summed E-state index contributed by atoms with van der Waals surface area (Å²) in [7, 11) is 3.20. The lowest BCUT2D eigenvalue weighted by molar-refractivity contribution is 0.0986. The molecule has 0 saturated heterocycles. The second-order valence-corrected chi connectivity index (χ2v) is 10.1. The van der Waals surface area contributed by atoms with E-state index in [0.717, 1.165) is 33.8 Å². The average Bonchev–Trinajstić information content (AvgIpc) is 3.43. The van der Waals surface area contributed by atoms with Gasteiger partial charge in [-0.05, 0) is 82.9 Å². The normalized spacial score (nSPS) is 15.2. The number of Topliss-reactive ketones (excluding diaryl/α,β-unsaturated/α-hetero) is 3. The number of hydrogen-bond donors (Lipinski definition) is 1. The number of hydrogen-bond acceptors (Lipinski definition) is 6. The van der Waals surface area contributed by atoms with Crippen molar-refractivity contribution in [1.29, 1.82) is 0 Å². The van der Waals surface area contributed by atoms with E-state index in [4.69, 9.17) is 9.47 Å². The summed E-state index contributed by atoms with van der Waals surface area (Å²) in [5, 5.41) is 10.9. The third-order valence-corrected chi connectivity index (χ3v) is 7.61. The van der Waals surface area contributed by atoms with Crippen LogP contribution in [0.25, 0.3) is 28.0 Å². The van der Waals surface area contributed by atoms with E-state index in [1.54, 1.807) is 56.7 Å². The predicted octanol–water partition coefficient (Wildman–Crippen LogP) is 7.62. The van der Waals surface area contributed by atoms with Gasteiger partial charge < -0.3 is 14.6 Å². The Labute approximate surface area is 248 Å². The minimum absolute atomic E-state index is 0.0732. The number of methoxy groups -OCH3 is 2. The number of carbonyl (C=O) groups is 3. The van der Waals surface area contributed by atoms with Gasteiger partial charge in [0, 0.05) is 22.3 Å². The Morgan fingerprint density at radius 1 is 0.535 bits per heavy atom. The van der Waals surface area contributed by atoms with Gasteiger partial charge in [0.15, 0.2) is 17.3 Å². The molecule has 0 radical (unpaired) electrons. The fraction of sp³-hybridized carbons (Fsp3) is 0.0541. The molecule has 210 valence electrons. The molecule has 0 aliphatic heterocycles. The molecule has 43 heavy (non-hydrogen) atoms. The first-order valence-electron chi connectivity index (χ1n) is 13.6. The lowest BCUT2D eigenvalue weighted by Gasteiger charge is -2.06. The topological polar surface area (TPSA) is 89.9 Å². The Bertz CT molecular complexity index is 1920. The van der Waals surface area contributed by atoms with E-state index in [0.29, 0.717) is 22.3 Å². The third-order valence-electron chi connectivity index (χ3n) is 7.61. The third kappa shape index (κ3) is 5.00. The molecule has 6 nitrogen and oxygen atoms in total. The van der Waals surface area contributed by atoms with E-state index in [2.05, 4.69) is 0 Å². The average molecular weight is 567 g/mol. The number of aliphatic hydroxyl groups is 1. The van der Waals surface area contributed by atoms with Crippen molar-refractivity contribution in [2.75, 3.05) is 14.2 Å². The summed E-state index contributed by atoms with van der Waals surface area (Å²) in [6, 6.07) is 25.6. The second kappa shape index (κ2) is 11.3. The summed E-state index contributed by atoms with van der Waals surface area (Å²) in [5.74, 6) is 0.435. The molecule has 0 aromatic heterocycles. The molecule has 2 aliphatic carbocycles. The number of ether oxygens (including phenoxy) is 2. The van der Waals surface area contributed by atoms with Gasteiger partial charge in [-0.1, -0.05) is 54.6 Å². The number of ketones is 3. The highest BCUT2D eigenvalue weighted by Crippen LogP contribution is 2.35. The van der Waals surface area contributed by atoms with E-state index in [-0.39, 0.29) is 34.3 Å².